The van der Waals surface area contributed by atoms with Gasteiger partial charge in [-0.15, -0.1) is 11.3 Å². The lowest BCUT2D eigenvalue weighted by Crippen LogP contribution is -2.41. The van der Waals surface area contributed by atoms with Crippen molar-refractivity contribution in [1.29, 1.82) is 0 Å². The summed E-state index contributed by atoms with van der Waals surface area (Å²) in [4.78, 5) is 15.1. The maximum Gasteiger partial charge on any atom is 0.317 e. The third-order valence-corrected chi connectivity index (χ3v) is 4.90. The van der Waals surface area contributed by atoms with E-state index in [1.54, 1.807) is 16.2 Å². The van der Waals surface area contributed by atoms with Gasteiger partial charge < -0.3 is 15.0 Å². The normalized spacial score (nSPS) is 16.0. The number of carbonyl (C=O) groups is 1. The van der Waals surface area contributed by atoms with Crippen molar-refractivity contribution >= 4 is 17.4 Å². The molecule has 2 heterocycles. The van der Waals surface area contributed by atoms with Crippen LogP contribution in [-0.2, 0) is 13.0 Å². The van der Waals surface area contributed by atoms with Crippen molar-refractivity contribution in [3.05, 3.63) is 51.7 Å². The van der Waals surface area contributed by atoms with Gasteiger partial charge in [-0.3, -0.25) is 0 Å². The van der Waals surface area contributed by atoms with Gasteiger partial charge in [0.25, 0.3) is 0 Å². The molecular weight excluding hydrogens is 296 g/mol. The van der Waals surface area contributed by atoms with E-state index in [4.69, 9.17) is 4.74 Å². The van der Waals surface area contributed by atoms with E-state index in [2.05, 4.69) is 29.8 Å². The Morgan fingerprint density at radius 1 is 1.41 bits per heavy atom. The first kappa shape index (κ1) is 14.9. The zero-order chi connectivity index (χ0) is 15.5. The lowest BCUT2D eigenvalue weighted by Gasteiger charge is -2.19. The van der Waals surface area contributed by atoms with E-state index in [1.165, 1.54) is 16.0 Å². The maximum absolute atomic E-state index is 12.2. The summed E-state index contributed by atoms with van der Waals surface area (Å²) >= 11 is 1.68. The van der Waals surface area contributed by atoms with E-state index in [0.29, 0.717) is 13.1 Å². The zero-order valence-electron chi connectivity index (χ0n) is 12.8. The van der Waals surface area contributed by atoms with Gasteiger partial charge in [0.15, 0.2) is 0 Å². The van der Waals surface area contributed by atoms with Gasteiger partial charge in [0.05, 0.1) is 13.1 Å². The van der Waals surface area contributed by atoms with Crippen LogP contribution in [0.1, 0.15) is 16.0 Å². The van der Waals surface area contributed by atoms with Crippen LogP contribution >= 0.6 is 11.3 Å². The molecule has 1 aliphatic rings. The Hall–Kier alpha value is -2.01. The molecule has 0 aliphatic carbocycles. The molecule has 1 aliphatic heterocycles. The van der Waals surface area contributed by atoms with E-state index >= 15 is 0 Å². The van der Waals surface area contributed by atoms with Gasteiger partial charge in [-0.2, -0.15) is 0 Å². The summed E-state index contributed by atoms with van der Waals surface area (Å²) in [6, 6.07) is 10.0. The van der Waals surface area contributed by atoms with Crippen molar-refractivity contribution in [3.63, 3.8) is 0 Å². The lowest BCUT2D eigenvalue weighted by molar-refractivity contribution is 0.191. The first-order valence-electron chi connectivity index (χ1n) is 7.40. The molecule has 0 unspecified atom stereocenters. The quantitative estimate of drug-likeness (QED) is 0.941. The number of rotatable bonds is 4. The van der Waals surface area contributed by atoms with Crippen LogP contribution in [0.3, 0.4) is 0 Å². The number of hydrogen-bond acceptors (Lipinski definition) is 3. The summed E-state index contributed by atoms with van der Waals surface area (Å²) in [5.74, 6) is 0.935. The molecule has 1 aromatic heterocycles. The van der Waals surface area contributed by atoms with Gasteiger partial charge in [-0.05, 0) is 35.6 Å². The van der Waals surface area contributed by atoms with Crippen LogP contribution < -0.4 is 10.1 Å². The van der Waals surface area contributed by atoms with Crippen LogP contribution in [-0.4, -0.2) is 30.6 Å². The third kappa shape index (κ3) is 3.25. The Kier molecular flexibility index (Phi) is 4.34. The summed E-state index contributed by atoms with van der Waals surface area (Å²) in [6.07, 6.45) is 0.878. The lowest BCUT2D eigenvalue weighted by atomic mass is 10.1. The molecule has 0 saturated heterocycles. The number of hydrogen-bond donors (Lipinski definition) is 1. The molecule has 4 nitrogen and oxygen atoms in total. The van der Waals surface area contributed by atoms with Crippen molar-refractivity contribution in [2.75, 3.05) is 13.6 Å². The fourth-order valence-corrected chi connectivity index (χ4v) is 3.52. The molecule has 0 spiro atoms. The van der Waals surface area contributed by atoms with Gasteiger partial charge in [-0.25, -0.2) is 4.79 Å². The summed E-state index contributed by atoms with van der Waals surface area (Å²) < 4.78 is 5.83. The highest BCUT2D eigenvalue weighted by Crippen LogP contribution is 2.27. The Morgan fingerprint density at radius 3 is 2.95 bits per heavy atom. The average Bonchev–Trinajstić information content (AvgIpc) is 3.10. The van der Waals surface area contributed by atoms with E-state index in [9.17, 15) is 4.79 Å². The highest BCUT2D eigenvalue weighted by atomic mass is 32.1. The highest BCUT2D eigenvalue weighted by Gasteiger charge is 2.23. The Morgan fingerprint density at radius 2 is 2.23 bits per heavy atom. The molecule has 1 aromatic carbocycles. The Balaban J connectivity index is 1.48. The number of nitrogens with zero attached hydrogens (tertiary/aromatic N) is 1. The van der Waals surface area contributed by atoms with E-state index in [1.807, 2.05) is 25.2 Å². The van der Waals surface area contributed by atoms with Crippen molar-refractivity contribution in [1.82, 2.24) is 10.2 Å². The fraction of sp³-hybridized carbons (Fsp3) is 0.353. The number of fused-ring (bicyclic) bond motifs is 1. The summed E-state index contributed by atoms with van der Waals surface area (Å²) in [5, 5.41) is 5.01. The largest absolute Gasteiger partial charge is 0.488 e. The SMILES string of the molecule is Cc1ccsc1CN(C)C(=O)NC[C@H]1Cc2ccccc2O1. The standard InChI is InChI=1S/C17H20N2O2S/c1-12-7-8-22-16(12)11-19(2)17(20)18-10-14-9-13-5-3-4-6-15(13)21-14/h3-8,14H,9-11H2,1-2H3,(H,18,20)/t14-/m1/s1. The minimum atomic E-state index is -0.0626. The van der Waals surface area contributed by atoms with Gasteiger partial charge >= 0.3 is 6.03 Å². The minimum absolute atomic E-state index is 0.0261. The number of urea groups is 1. The number of nitrogens with one attached hydrogen (secondary N) is 1. The number of benzene rings is 1. The number of carbonyl (C=O) groups excluding carboxylic acids is 1. The van der Waals surface area contributed by atoms with Gasteiger partial charge in [0, 0.05) is 18.3 Å². The predicted octanol–water partition coefficient (Wildman–Crippen LogP) is 3.20. The molecule has 22 heavy (non-hydrogen) atoms. The van der Waals surface area contributed by atoms with Gasteiger partial charge in [-0.1, -0.05) is 18.2 Å². The van der Waals surface area contributed by atoms with Gasteiger partial charge in [0.1, 0.15) is 11.9 Å². The van der Waals surface area contributed by atoms with E-state index in [0.717, 1.165) is 12.2 Å². The molecule has 1 N–H and O–H groups in total. The van der Waals surface area contributed by atoms with Crippen LogP contribution in [0.5, 0.6) is 5.75 Å². The van der Waals surface area contributed by atoms with Gasteiger partial charge in [0.2, 0.25) is 0 Å². The first-order valence-corrected chi connectivity index (χ1v) is 8.28. The number of para-hydroxylation sites is 1. The summed E-state index contributed by atoms with van der Waals surface area (Å²) in [5.41, 5.74) is 2.45. The third-order valence-electron chi connectivity index (χ3n) is 3.89. The van der Waals surface area contributed by atoms with Crippen LogP contribution in [0.15, 0.2) is 35.7 Å². The topological polar surface area (TPSA) is 41.6 Å². The molecule has 0 radical (unpaired) electrons. The second kappa shape index (κ2) is 6.40. The Bertz CT molecular complexity index is 643. The summed E-state index contributed by atoms with van der Waals surface area (Å²) in [7, 11) is 1.82. The highest BCUT2D eigenvalue weighted by molar-refractivity contribution is 7.10. The molecular formula is C17H20N2O2S. The second-order valence-corrected chi connectivity index (χ2v) is 6.62. The molecule has 116 valence electrons. The average molecular weight is 316 g/mol. The molecule has 2 aromatic rings. The van der Waals surface area contributed by atoms with Crippen LogP contribution in [0, 0.1) is 6.92 Å². The van der Waals surface area contributed by atoms with Crippen molar-refractivity contribution in [2.24, 2.45) is 0 Å². The molecule has 0 saturated carbocycles. The van der Waals surface area contributed by atoms with Crippen molar-refractivity contribution < 1.29 is 9.53 Å². The van der Waals surface area contributed by atoms with E-state index in [-0.39, 0.29) is 12.1 Å². The molecule has 5 heteroatoms. The molecule has 0 bridgehead atoms. The van der Waals surface area contributed by atoms with Crippen LogP contribution in [0.25, 0.3) is 0 Å². The monoisotopic (exact) mass is 316 g/mol. The molecule has 0 fully saturated rings. The van der Waals surface area contributed by atoms with Crippen molar-refractivity contribution in [2.45, 2.75) is 26.0 Å². The predicted molar refractivity (Wildman–Crippen MR) is 88.5 cm³/mol. The summed E-state index contributed by atoms with van der Waals surface area (Å²) in [6.45, 7) is 3.24. The molecule has 1 atom stereocenters. The first-order chi connectivity index (χ1) is 10.6. The number of aryl methyl sites for hydroxylation is 1. The minimum Gasteiger partial charge on any atom is -0.488 e. The fourth-order valence-electron chi connectivity index (χ4n) is 2.56. The molecule has 3 rings (SSSR count). The number of amides is 2. The Labute approximate surface area is 134 Å². The zero-order valence-corrected chi connectivity index (χ0v) is 13.7. The van der Waals surface area contributed by atoms with E-state index < -0.39 is 0 Å². The number of ether oxygens (including phenoxy) is 1. The van der Waals surface area contributed by atoms with Crippen LogP contribution in [0.4, 0.5) is 4.79 Å². The number of thiophene rings is 1. The molecule has 2 amide bonds. The van der Waals surface area contributed by atoms with Crippen LogP contribution in [0.2, 0.25) is 0 Å². The smallest absolute Gasteiger partial charge is 0.317 e. The van der Waals surface area contributed by atoms with Crippen molar-refractivity contribution in [3.8, 4) is 5.75 Å². The second-order valence-electron chi connectivity index (χ2n) is 5.62. The maximum atomic E-state index is 12.2.